The fourth-order valence-corrected chi connectivity index (χ4v) is 4.40. The molecule has 37 heavy (non-hydrogen) atoms. The topological polar surface area (TPSA) is 106 Å². The number of carbonyl (C=O) groups excluding carboxylic acids is 2. The molecule has 2 amide bonds. The molecule has 1 aliphatic rings. The summed E-state index contributed by atoms with van der Waals surface area (Å²) in [7, 11) is 0. The number of aromatic nitrogens is 3. The first-order chi connectivity index (χ1) is 18.1. The third-order valence-corrected chi connectivity index (χ3v) is 6.38. The van der Waals surface area contributed by atoms with Crippen LogP contribution in [0.4, 0.5) is 0 Å². The van der Waals surface area contributed by atoms with Gasteiger partial charge in [-0.05, 0) is 61.2 Å². The van der Waals surface area contributed by atoms with Gasteiger partial charge in [0.15, 0.2) is 0 Å². The average Bonchev–Trinajstić information content (AvgIpc) is 3.16. The summed E-state index contributed by atoms with van der Waals surface area (Å²) in [6, 6.07) is 17.5. The highest BCUT2D eigenvalue weighted by Gasteiger charge is 2.33. The Morgan fingerprint density at radius 3 is 2.68 bits per heavy atom. The van der Waals surface area contributed by atoms with Gasteiger partial charge in [-0.3, -0.25) is 23.8 Å². The number of hydrogen-bond acceptors (Lipinski definition) is 6. The van der Waals surface area contributed by atoms with E-state index < -0.39 is 17.5 Å². The molecule has 5 rings (SSSR count). The van der Waals surface area contributed by atoms with E-state index in [1.54, 1.807) is 30.6 Å². The van der Waals surface area contributed by atoms with Crippen LogP contribution in [-0.4, -0.2) is 43.7 Å². The summed E-state index contributed by atoms with van der Waals surface area (Å²) >= 11 is 0. The van der Waals surface area contributed by atoms with Gasteiger partial charge in [0, 0.05) is 31.7 Å². The second-order valence-corrected chi connectivity index (χ2v) is 8.90. The number of nitrogens with one attached hydrogen (secondary N) is 1. The largest absolute Gasteiger partial charge is 0.487 e. The molecule has 0 unspecified atom stereocenters. The molecule has 0 bridgehead atoms. The molecule has 9 nitrogen and oxygen atoms in total. The summed E-state index contributed by atoms with van der Waals surface area (Å²) in [5.74, 6) is -0.0697. The van der Waals surface area contributed by atoms with Gasteiger partial charge in [-0.25, -0.2) is 4.98 Å². The Morgan fingerprint density at radius 2 is 1.86 bits per heavy atom. The predicted molar refractivity (Wildman–Crippen MR) is 137 cm³/mol. The fourth-order valence-electron chi connectivity index (χ4n) is 4.40. The molecule has 188 valence electrons. The van der Waals surface area contributed by atoms with Gasteiger partial charge >= 0.3 is 0 Å². The van der Waals surface area contributed by atoms with Crippen LogP contribution in [0, 0.1) is 0 Å². The fraction of sp³-hybridized carbons (Fsp3) is 0.250. The van der Waals surface area contributed by atoms with Crippen LogP contribution >= 0.6 is 0 Å². The molecule has 0 aliphatic carbocycles. The van der Waals surface area contributed by atoms with Crippen molar-refractivity contribution in [2.75, 3.05) is 6.54 Å². The summed E-state index contributed by atoms with van der Waals surface area (Å²) in [5, 5.41) is 2.90. The van der Waals surface area contributed by atoms with Gasteiger partial charge in [-0.1, -0.05) is 24.3 Å². The molecule has 3 aromatic heterocycles. The number of amides is 2. The molecule has 0 saturated carbocycles. The molecule has 1 fully saturated rings. The van der Waals surface area contributed by atoms with Crippen LogP contribution in [0.15, 0.2) is 84.0 Å². The van der Waals surface area contributed by atoms with Crippen LogP contribution in [0.5, 0.6) is 5.75 Å². The standard InChI is InChI=1S/C28H27N5O4/c34-26-24(8-2-5-15-30-26)33(28(36)23-17-31-25-9-3-6-16-32(25)27(23)35)18-20-10-12-22(13-11-20)37-19-21-7-1-4-14-29-21/h1,3-4,6-7,9-14,16-17,24H,2,5,8,15,18-19H2,(H,30,34)/t24-/m0/s1. The maximum absolute atomic E-state index is 13.8. The lowest BCUT2D eigenvalue weighted by Gasteiger charge is -2.30. The molecule has 0 spiro atoms. The normalized spacial score (nSPS) is 15.6. The van der Waals surface area contributed by atoms with E-state index in [9.17, 15) is 14.4 Å². The Labute approximate surface area is 213 Å². The first-order valence-electron chi connectivity index (χ1n) is 12.3. The van der Waals surface area contributed by atoms with Crippen molar-refractivity contribution >= 4 is 17.5 Å². The highest BCUT2D eigenvalue weighted by Crippen LogP contribution is 2.20. The van der Waals surface area contributed by atoms with Gasteiger partial charge in [0.25, 0.3) is 11.5 Å². The predicted octanol–water partition coefficient (Wildman–Crippen LogP) is 2.98. The number of hydrogen-bond donors (Lipinski definition) is 1. The summed E-state index contributed by atoms with van der Waals surface area (Å²) in [5.41, 5.74) is 1.54. The van der Waals surface area contributed by atoms with E-state index >= 15 is 0 Å². The van der Waals surface area contributed by atoms with Crippen molar-refractivity contribution in [3.8, 4) is 5.75 Å². The molecular weight excluding hydrogens is 470 g/mol. The number of rotatable bonds is 7. The highest BCUT2D eigenvalue weighted by atomic mass is 16.5. The average molecular weight is 498 g/mol. The number of fused-ring (bicyclic) bond motifs is 1. The molecule has 1 N–H and O–H groups in total. The van der Waals surface area contributed by atoms with Crippen LogP contribution in [0.1, 0.15) is 40.9 Å². The molecule has 1 aromatic carbocycles. The number of ether oxygens (including phenoxy) is 1. The molecule has 0 radical (unpaired) electrons. The summed E-state index contributed by atoms with van der Waals surface area (Å²) in [4.78, 5) is 49.8. The van der Waals surface area contributed by atoms with Crippen LogP contribution in [0.25, 0.3) is 5.65 Å². The van der Waals surface area contributed by atoms with Gasteiger partial charge in [-0.15, -0.1) is 0 Å². The molecular formula is C28H27N5O4. The molecule has 1 atom stereocenters. The summed E-state index contributed by atoms with van der Waals surface area (Å²) < 4.78 is 7.16. The first kappa shape index (κ1) is 24.2. The lowest BCUT2D eigenvalue weighted by molar-refractivity contribution is -0.125. The molecule has 4 aromatic rings. The van der Waals surface area contributed by atoms with E-state index in [1.165, 1.54) is 15.5 Å². The number of nitrogens with zero attached hydrogens (tertiary/aromatic N) is 4. The van der Waals surface area contributed by atoms with Crippen molar-refractivity contribution in [2.45, 2.75) is 38.5 Å². The minimum atomic E-state index is -0.689. The van der Waals surface area contributed by atoms with Crippen molar-refractivity contribution < 1.29 is 14.3 Å². The van der Waals surface area contributed by atoms with Crippen molar-refractivity contribution in [2.24, 2.45) is 0 Å². The SMILES string of the molecule is O=C1NCCCC[C@@H]1N(Cc1ccc(OCc2ccccn2)cc1)C(=O)c1cnc2ccccn2c1=O. The summed E-state index contributed by atoms with van der Waals surface area (Å²) in [6.45, 7) is 1.07. The van der Waals surface area contributed by atoms with Crippen LogP contribution < -0.4 is 15.6 Å². The second-order valence-electron chi connectivity index (χ2n) is 8.90. The Kier molecular flexibility index (Phi) is 7.21. The summed E-state index contributed by atoms with van der Waals surface area (Å²) in [6.07, 6.45) is 6.75. The van der Waals surface area contributed by atoms with Gasteiger partial charge in [0.1, 0.15) is 29.6 Å². The highest BCUT2D eigenvalue weighted by molar-refractivity contribution is 5.97. The maximum atomic E-state index is 13.8. The van der Waals surface area contributed by atoms with E-state index in [0.717, 1.165) is 24.1 Å². The van der Waals surface area contributed by atoms with Crippen LogP contribution in [0.3, 0.4) is 0 Å². The smallest absolute Gasteiger partial charge is 0.270 e. The maximum Gasteiger partial charge on any atom is 0.270 e. The molecule has 4 heterocycles. The van der Waals surface area contributed by atoms with Gasteiger partial charge < -0.3 is 15.0 Å². The lowest BCUT2D eigenvalue weighted by Crippen LogP contribution is -2.49. The number of carbonyl (C=O) groups is 2. The first-order valence-corrected chi connectivity index (χ1v) is 12.3. The zero-order chi connectivity index (χ0) is 25.6. The third kappa shape index (κ3) is 5.50. The van der Waals surface area contributed by atoms with Crippen LogP contribution in [-0.2, 0) is 17.9 Å². The second kappa shape index (κ2) is 11.0. The van der Waals surface area contributed by atoms with E-state index in [0.29, 0.717) is 31.0 Å². The zero-order valence-electron chi connectivity index (χ0n) is 20.2. The molecule has 1 saturated heterocycles. The minimum Gasteiger partial charge on any atom is -0.487 e. The van der Waals surface area contributed by atoms with Gasteiger partial charge in [0.2, 0.25) is 5.91 Å². The van der Waals surface area contributed by atoms with Crippen molar-refractivity contribution in [3.05, 3.63) is 106 Å². The Morgan fingerprint density at radius 1 is 1.03 bits per heavy atom. The van der Waals surface area contributed by atoms with Crippen molar-refractivity contribution in [1.29, 1.82) is 0 Å². The number of pyridine rings is 2. The Hall–Kier alpha value is -4.53. The van der Waals surface area contributed by atoms with Gasteiger partial charge in [0.05, 0.1) is 5.69 Å². The van der Waals surface area contributed by atoms with E-state index in [4.69, 9.17) is 4.74 Å². The third-order valence-electron chi connectivity index (χ3n) is 6.38. The van der Waals surface area contributed by atoms with E-state index in [2.05, 4.69) is 15.3 Å². The van der Waals surface area contributed by atoms with Crippen LogP contribution in [0.2, 0.25) is 0 Å². The monoisotopic (exact) mass is 497 g/mol. The van der Waals surface area contributed by atoms with E-state index in [-0.39, 0.29) is 18.0 Å². The van der Waals surface area contributed by atoms with E-state index in [1.807, 2.05) is 42.5 Å². The minimum absolute atomic E-state index is 0.0731. The Bertz CT molecular complexity index is 1450. The number of benzene rings is 1. The van der Waals surface area contributed by atoms with Crippen molar-refractivity contribution in [3.63, 3.8) is 0 Å². The Balaban J connectivity index is 1.41. The molecule has 9 heteroatoms. The molecule has 1 aliphatic heterocycles. The van der Waals surface area contributed by atoms with Crippen molar-refractivity contribution in [1.82, 2.24) is 24.6 Å². The lowest BCUT2D eigenvalue weighted by atomic mass is 10.1. The van der Waals surface area contributed by atoms with Gasteiger partial charge in [-0.2, -0.15) is 0 Å². The zero-order valence-corrected chi connectivity index (χ0v) is 20.2. The quantitative estimate of drug-likeness (QED) is 0.421.